The number of nitrogens with two attached hydrogens (primary N) is 1. The van der Waals surface area contributed by atoms with Crippen molar-refractivity contribution < 1.29 is 9.59 Å². The Morgan fingerprint density at radius 1 is 1.18 bits per heavy atom. The summed E-state index contributed by atoms with van der Waals surface area (Å²) in [7, 11) is 0. The molecule has 2 N–H and O–H groups in total. The molecule has 0 spiro atoms. The first-order valence-electron chi connectivity index (χ1n) is 10.2. The van der Waals surface area contributed by atoms with Gasteiger partial charge in [-0.1, -0.05) is 44.2 Å². The Bertz CT molecular complexity index is 814. The fraction of sp³-hybridized carbons (Fsp3) is 0.478. The summed E-state index contributed by atoms with van der Waals surface area (Å²) in [6, 6.07) is 12.4. The molecule has 150 valence electrons. The number of hydrogen-bond acceptors (Lipinski definition) is 3. The number of nitrogens with zero attached hydrogens (tertiary/aromatic N) is 1. The van der Waals surface area contributed by atoms with Gasteiger partial charge in [0, 0.05) is 23.9 Å². The molecule has 1 aromatic heterocycles. The lowest BCUT2D eigenvalue weighted by atomic mass is 9.73. The van der Waals surface area contributed by atoms with Gasteiger partial charge < -0.3 is 10.6 Å². The van der Waals surface area contributed by atoms with Gasteiger partial charge in [0.15, 0.2) is 0 Å². The van der Waals surface area contributed by atoms with Gasteiger partial charge in [-0.05, 0) is 54.7 Å². The van der Waals surface area contributed by atoms with Gasteiger partial charge in [-0.3, -0.25) is 9.59 Å². The minimum absolute atomic E-state index is 0.0297. The predicted octanol–water partition coefficient (Wildman–Crippen LogP) is 4.49. The molecule has 1 fully saturated rings. The number of rotatable bonds is 7. The van der Waals surface area contributed by atoms with Gasteiger partial charge in [-0.15, -0.1) is 11.3 Å². The Labute approximate surface area is 171 Å². The summed E-state index contributed by atoms with van der Waals surface area (Å²) in [4.78, 5) is 28.7. The van der Waals surface area contributed by atoms with Crippen LogP contribution in [0.3, 0.4) is 0 Å². The second-order valence-corrected chi connectivity index (χ2v) is 8.78. The number of carbonyl (C=O) groups is 2. The summed E-state index contributed by atoms with van der Waals surface area (Å²) in [6.45, 7) is 5.25. The zero-order chi connectivity index (χ0) is 20.1. The highest BCUT2D eigenvalue weighted by molar-refractivity contribution is 7.13. The van der Waals surface area contributed by atoms with Crippen LogP contribution in [0, 0.1) is 11.3 Å². The SMILES string of the molecule is CCC(CC)C(=O)N1CCC[C@](Cc2ccccc2-c2cccs2)(C(N)=O)C1. The molecule has 1 aliphatic heterocycles. The molecule has 28 heavy (non-hydrogen) atoms. The molecule has 2 heterocycles. The van der Waals surface area contributed by atoms with Gasteiger partial charge in [-0.25, -0.2) is 0 Å². The fourth-order valence-electron chi connectivity index (χ4n) is 4.36. The molecule has 0 bridgehead atoms. The van der Waals surface area contributed by atoms with E-state index in [9.17, 15) is 9.59 Å². The number of primary amides is 1. The first kappa shape index (κ1) is 20.6. The van der Waals surface area contributed by atoms with Gasteiger partial charge in [0.05, 0.1) is 5.41 Å². The van der Waals surface area contributed by atoms with Crippen molar-refractivity contribution in [1.29, 1.82) is 0 Å². The first-order chi connectivity index (χ1) is 13.5. The maximum Gasteiger partial charge on any atom is 0.225 e. The smallest absolute Gasteiger partial charge is 0.225 e. The number of hydrogen-bond donors (Lipinski definition) is 1. The summed E-state index contributed by atoms with van der Waals surface area (Å²) in [5, 5.41) is 2.06. The van der Waals surface area contributed by atoms with Crippen LogP contribution in [-0.2, 0) is 16.0 Å². The number of likely N-dealkylation sites (tertiary alicyclic amines) is 1. The van der Waals surface area contributed by atoms with Crippen LogP contribution in [0.1, 0.15) is 45.1 Å². The lowest BCUT2D eigenvalue weighted by Gasteiger charge is -2.42. The Hall–Kier alpha value is -2.14. The van der Waals surface area contributed by atoms with Crippen LogP contribution < -0.4 is 5.73 Å². The lowest BCUT2D eigenvalue weighted by molar-refractivity contribution is -0.143. The van der Waals surface area contributed by atoms with Crippen LogP contribution in [0.25, 0.3) is 10.4 Å². The molecule has 2 aromatic rings. The van der Waals surface area contributed by atoms with Gasteiger partial charge in [0.25, 0.3) is 0 Å². The molecule has 0 saturated carbocycles. The van der Waals surface area contributed by atoms with Crippen molar-refractivity contribution in [1.82, 2.24) is 4.90 Å². The average molecular weight is 399 g/mol. The third-order valence-electron chi connectivity index (χ3n) is 6.08. The number of piperidine rings is 1. The van der Waals surface area contributed by atoms with E-state index in [1.54, 1.807) is 11.3 Å². The van der Waals surface area contributed by atoms with Gasteiger partial charge in [0.2, 0.25) is 11.8 Å². The zero-order valence-corrected chi connectivity index (χ0v) is 17.6. The van der Waals surface area contributed by atoms with E-state index >= 15 is 0 Å². The number of thiophene rings is 1. The van der Waals surface area contributed by atoms with Gasteiger partial charge in [-0.2, -0.15) is 0 Å². The molecule has 0 unspecified atom stereocenters. The van der Waals surface area contributed by atoms with Crippen molar-refractivity contribution in [2.45, 2.75) is 46.0 Å². The Morgan fingerprint density at radius 2 is 1.93 bits per heavy atom. The third kappa shape index (κ3) is 4.14. The standard InChI is InChI=1S/C23H30N2O2S/c1-3-17(4-2)21(26)25-13-8-12-23(16-25,22(24)27)15-18-9-5-6-10-19(18)20-11-7-14-28-20/h5-7,9-11,14,17H,3-4,8,12-13,15-16H2,1-2H3,(H2,24,27)/t23-/m1/s1. The normalized spacial score (nSPS) is 19.8. The molecule has 1 atom stereocenters. The molecular formula is C23H30N2O2S. The van der Waals surface area contributed by atoms with Crippen LogP contribution in [0.4, 0.5) is 0 Å². The Morgan fingerprint density at radius 3 is 2.57 bits per heavy atom. The fourth-order valence-corrected chi connectivity index (χ4v) is 5.15. The quantitative estimate of drug-likeness (QED) is 0.747. The van der Waals surface area contributed by atoms with E-state index in [-0.39, 0.29) is 17.7 Å². The maximum absolute atomic E-state index is 13.0. The molecular weight excluding hydrogens is 368 g/mol. The molecule has 5 heteroatoms. The van der Waals surface area contributed by atoms with Crippen molar-refractivity contribution in [3.05, 3.63) is 47.3 Å². The average Bonchev–Trinajstić information content (AvgIpc) is 3.24. The van der Waals surface area contributed by atoms with Crippen molar-refractivity contribution >= 4 is 23.2 Å². The Balaban J connectivity index is 1.90. The molecule has 1 aromatic carbocycles. The highest BCUT2D eigenvalue weighted by Gasteiger charge is 2.43. The van der Waals surface area contributed by atoms with E-state index in [1.807, 2.05) is 23.1 Å². The largest absolute Gasteiger partial charge is 0.369 e. The van der Waals surface area contributed by atoms with Crippen molar-refractivity contribution in [2.24, 2.45) is 17.1 Å². The van der Waals surface area contributed by atoms with E-state index in [0.717, 1.165) is 43.4 Å². The van der Waals surface area contributed by atoms with Crippen LogP contribution >= 0.6 is 11.3 Å². The monoisotopic (exact) mass is 398 g/mol. The Kier molecular flexibility index (Phi) is 6.55. The van der Waals surface area contributed by atoms with E-state index in [0.29, 0.717) is 13.0 Å². The predicted molar refractivity (Wildman–Crippen MR) is 115 cm³/mol. The molecule has 2 amide bonds. The highest BCUT2D eigenvalue weighted by Crippen LogP contribution is 2.38. The molecule has 0 radical (unpaired) electrons. The topological polar surface area (TPSA) is 63.4 Å². The number of benzene rings is 1. The third-order valence-corrected chi connectivity index (χ3v) is 6.98. The second-order valence-electron chi connectivity index (χ2n) is 7.83. The number of carbonyl (C=O) groups excluding carboxylic acids is 2. The summed E-state index contributed by atoms with van der Waals surface area (Å²) in [5.74, 6) is -0.0977. The summed E-state index contributed by atoms with van der Waals surface area (Å²) >= 11 is 1.69. The maximum atomic E-state index is 13.0. The van der Waals surface area contributed by atoms with E-state index in [1.165, 1.54) is 4.88 Å². The summed E-state index contributed by atoms with van der Waals surface area (Å²) < 4.78 is 0. The van der Waals surface area contributed by atoms with Crippen molar-refractivity contribution in [3.63, 3.8) is 0 Å². The lowest BCUT2D eigenvalue weighted by Crippen LogP contribution is -2.54. The van der Waals surface area contributed by atoms with E-state index in [2.05, 4.69) is 37.4 Å². The highest BCUT2D eigenvalue weighted by atomic mass is 32.1. The molecule has 1 aliphatic rings. The van der Waals surface area contributed by atoms with Crippen LogP contribution in [0.5, 0.6) is 0 Å². The summed E-state index contributed by atoms with van der Waals surface area (Å²) in [5.41, 5.74) is 7.53. The first-order valence-corrected chi connectivity index (χ1v) is 11.1. The number of amides is 2. The molecule has 0 aliphatic carbocycles. The van der Waals surface area contributed by atoms with Crippen LogP contribution in [0.15, 0.2) is 41.8 Å². The van der Waals surface area contributed by atoms with Crippen molar-refractivity contribution in [3.8, 4) is 10.4 Å². The minimum Gasteiger partial charge on any atom is -0.369 e. The van der Waals surface area contributed by atoms with Gasteiger partial charge >= 0.3 is 0 Å². The molecule has 3 rings (SSSR count). The zero-order valence-electron chi connectivity index (χ0n) is 16.8. The van der Waals surface area contributed by atoms with Crippen molar-refractivity contribution in [2.75, 3.05) is 13.1 Å². The minimum atomic E-state index is -0.701. The molecule has 4 nitrogen and oxygen atoms in total. The molecule has 1 saturated heterocycles. The van der Waals surface area contributed by atoms with Crippen LogP contribution in [-0.4, -0.2) is 29.8 Å². The summed E-state index contributed by atoms with van der Waals surface area (Å²) in [6.07, 6.45) is 3.78. The van der Waals surface area contributed by atoms with Crippen LogP contribution in [0.2, 0.25) is 0 Å². The van der Waals surface area contributed by atoms with E-state index in [4.69, 9.17) is 5.73 Å². The van der Waals surface area contributed by atoms with Gasteiger partial charge in [0.1, 0.15) is 0 Å². The van der Waals surface area contributed by atoms with E-state index < -0.39 is 5.41 Å². The second kappa shape index (κ2) is 8.91.